The second kappa shape index (κ2) is 2.36. The van der Waals surface area contributed by atoms with E-state index in [9.17, 15) is 4.79 Å². The first-order chi connectivity index (χ1) is 4.88. The predicted octanol–water partition coefficient (Wildman–Crippen LogP) is -0.124. The number of hydrogen-bond donors (Lipinski definition) is 1. The van der Waals surface area contributed by atoms with Gasteiger partial charge in [0.2, 0.25) is 0 Å². The number of aliphatic imine (C=N–C) groups is 1. The van der Waals surface area contributed by atoms with Gasteiger partial charge in [-0.2, -0.15) is 0 Å². The van der Waals surface area contributed by atoms with Gasteiger partial charge in [0.05, 0.1) is 24.3 Å². The molecule has 0 radical (unpaired) electrons. The summed E-state index contributed by atoms with van der Waals surface area (Å²) in [4.78, 5) is 15.2. The zero-order valence-electron chi connectivity index (χ0n) is 5.41. The highest BCUT2D eigenvalue weighted by molar-refractivity contribution is 7.98. The summed E-state index contributed by atoms with van der Waals surface area (Å²) in [5.41, 5.74) is 0. The lowest BCUT2D eigenvalue weighted by Crippen LogP contribution is -2.38. The monoisotopic (exact) mass is 156 g/mol. The van der Waals surface area contributed by atoms with Crippen molar-refractivity contribution in [3.63, 3.8) is 0 Å². The minimum absolute atomic E-state index is 0.103. The van der Waals surface area contributed by atoms with E-state index in [1.54, 1.807) is 18.2 Å². The van der Waals surface area contributed by atoms with Crippen molar-refractivity contribution in [3.8, 4) is 0 Å². The summed E-state index contributed by atoms with van der Waals surface area (Å²) in [5.74, 6) is 0.385. The number of carbonyl (C=O) groups is 1. The lowest BCUT2D eigenvalue weighted by Gasteiger charge is -2.21. The molecule has 1 N–H and O–H groups in total. The molecule has 10 heavy (non-hydrogen) atoms. The van der Waals surface area contributed by atoms with Crippen LogP contribution < -0.4 is 4.72 Å². The van der Waals surface area contributed by atoms with E-state index in [1.165, 1.54) is 0 Å². The highest BCUT2D eigenvalue weighted by Gasteiger charge is 2.33. The maximum atomic E-state index is 11.1. The maximum Gasteiger partial charge on any atom is 0.157 e. The van der Waals surface area contributed by atoms with Gasteiger partial charge in [-0.05, 0) is 0 Å². The highest BCUT2D eigenvalue weighted by atomic mass is 32.2. The van der Waals surface area contributed by atoms with Crippen molar-refractivity contribution >= 4 is 23.9 Å². The molecule has 2 rings (SSSR count). The van der Waals surface area contributed by atoms with Crippen LogP contribution in [0.4, 0.5) is 0 Å². The number of Topliss-reactive ketones (excluding diaryl/α,β-unsaturated/α-hetero) is 1. The molecule has 1 fully saturated rings. The fourth-order valence-corrected chi connectivity index (χ4v) is 2.20. The van der Waals surface area contributed by atoms with E-state index in [4.69, 9.17) is 0 Å². The van der Waals surface area contributed by atoms with Crippen LogP contribution in [-0.2, 0) is 4.79 Å². The second-order valence-electron chi connectivity index (χ2n) is 2.48. The molecule has 2 aliphatic heterocycles. The van der Waals surface area contributed by atoms with Crippen LogP contribution in [0.1, 0.15) is 0 Å². The van der Waals surface area contributed by atoms with Crippen LogP contribution in [0.3, 0.4) is 0 Å². The van der Waals surface area contributed by atoms with Gasteiger partial charge in [0.1, 0.15) is 0 Å². The number of carbonyl (C=O) groups excluding carboxylic acids is 1. The first kappa shape index (κ1) is 6.37. The van der Waals surface area contributed by atoms with E-state index >= 15 is 0 Å². The van der Waals surface area contributed by atoms with Crippen molar-refractivity contribution in [1.82, 2.24) is 4.72 Å². The Hall–Kier alpha value is -0.350. The van der Waals surface area contributed by atoms with Gasteiger partial charge in [-0.3, -0.25) is 14.5 Å². The molecule has 3 nitrogen and oxygen atoms in total. The quantitative estimate of drug-likeness (QED) is 0.497. The van der Waals surface area contributed by atoms with Crippen LogP contribution in [0.15, 0.2) is 4.99 Å². The molecule has 0 aromatic rings. The third-order valence-electron chi connectivity index (χ3n) is 1.80. The molecular weight excluding hydrogens is 148 g/mol. The van der Waals surface area contributed by atoms with Crippen molar-refractivity contribution in [2.45, 2.75) is 5.25 Å². The third-order valence-corrected chi connectivity index (χ3v) is 2.86. The van der Waals surface area contributed by atoms with Gasteiger partial charge in [-0.15, -0.1) is 0 Å². The minimum Gasteiger partial charge on any atom is -0.297 e. The maximum absolute atomic E-state index is 11.1. The molecule has 4 heteroatoms. The molecule has 1 saturated heterocycles. The number of rotatable bonds is 0. The molecule has 0 aromatic carbocycles. The number of nitrogens with zero attached hydrogens (tertiary/aromatic N) is 1. The standard InChI is InChI=1S/C6H8N2OS/c9-5-2-8-10-6-3-7-1-4(5)6/h1,4,6,8H,2-3H2. The van der Waals surface area contributed by atoms with E-state index in [1.807, 2.05) is 0 Å². The summed E-state index contributed by atoms with van der Waals surface area (Å²) in [6.45, 7) is 1.30. The Bertz CT molecular complexity index is 192. The largest absolute Gasteiger partial charge is 0.297 e. The zero-order valence-corrected chi connectivity index (χ0v) is 6.23. The second-order valence-corrected chi connectivity index (χ2v) is 3.61. The first-order valence-corrected chi connectivity index (χ1v) is 4.17. The lowest BCUT2D eigenvalue weighted by molar-refractivity contribution is -0.119. The van der Waals surface area contributed by atoms with E-state index < -0.39 is 0 Å². The van der Waals surface area contributed by atoms with Crippen LogP contribution in [0, 0.1) is 5.92 Å². The van der Waals surface area contributed by atoms with Crippen molar-refractivity contribution in [2.24, 2.45) is 10.9 Å². The van der Waals surface area contributed by atoms with Gasteiger partial charge in [-0.1, -0.05) is 11.9 Å². The van der Waals surface area contributed by atoms with E-state index in [0.29, 0.717) is 11.8 Å². The van der Waals surface area contributed by atoms with Crippen LogP contribution >= 0.6 is 11.9 Å². The Kier molecular flexibility index (Phi) is 1.50. The molecule has 2 aliphatic rings. The Morgan fingerprint density at radius 2 is 2.70 bits per heavy atom. The molecule has 0 amide bonds. The molecule has 2 heterocycles. The van der Waals surface area contributed by atoms with E-state index in [0.717, 1.165) is 6.54 Å². The highest BCUT2D eigenvalue weighted by Crippen LogP contribution is 2.25. The van der Waals surface area contributed by atoms with Gasteiger partial charge in [0.25, 0.3) is 0 Å². The molecule has 0 aromatic heterocycles. The van der Waals surface area contributed by atoms with E-state index in [2.05, 4.69) is 9.71 Å². The Labute approximate surface area is 63.4 Å². The van der Waals surface area contributed by atoms with Crippen LogP contribution in [-0.4, -0.2) is 30.3 Å². The summed E-state index contributed by atoms with van der Waals surface area (Å²) in [6, 6.07) is 0. The fourth-order valence-electron chi connectivity index (χ4n) is 1.23. The number of hydrogen-bond acceptors (Lipinski definition) is 4. The van der Waals surface area contributed by atoms with Gasteiger partial charge in [0, 0.05) is 6.21 Å². The molecule has 2 unspecified atom stereocenters. The fraction of sp³-hybridized carbons (Fsp3) is 0.667. The predicted molar refractivity (Wildman–Crippen MR) is 41.2 cm³/mol. The third kappa shape index (κ3) is 0.876. The Balaban J connectivity index is 2.16. The SMILES string of the molecule is O=C1CNSC2CN=CC12. The summed E-state index contributed by atoms with van der Waals surface area (Å²) in [6.07, 6.45) is 1.79. The van der Waals surface area contributed by atoms with Crippen molar-refractivity contribution in [2.75, 3.05) is 13.1 Å². The molecule has 0 bridgehead atoms. The Morgan fingerprint density at radius 3 is 3.50 bits per heavy atom. The van der Waals surface area contributed by atoms with Crippen LogP contribution in [0.5, 0.6) is 0 Å². The van der Waals surface area contributed by atoms with Crippen molar-refractivity contribution < 1.29 is 4.79 Å². The average Bonchev–Trinajstić information content (AvgIpc) is 2.36. The molecular formula is C6H8N2OS. The molecule has 2 atom stereocenters. The van der Waals surface area contributed by atoms with Gasteiger partial charge in [0.15, 0.2) is 5.78 Å². The summed E-state index contributed by atoms with van der Waals surface area (Å²) < 4.78 is 2.99. The Morgan fingerprint density at radius 1 is 1.80 bits per heavy atom. The summed E-state index contributed by atoms with van der Waals surface area (Å²) in [5, 5.41) is 0.376. The first-order valence-electron chi connectivity index (χ1n) is 3.29. The average molecular weight is 156 g/mol. The summed E-state index contributed by atoms with van der Waals surface area (Å²) >= 11 is 1.64. The van der Waals surface area contributed by atoms with Gasteiger partial charge < -0.3 is 0 Å². The van der Waals surface area contributed by atoms with Crippen molar-refractivity contribution in [3.05, 3.63) is 0 Å². The van der Waals surface area contributed by atoms with Crippen molar-refractivity contribution in [1.29, 1.82) is 0 Å². The van der Waals surface area contributed by atoms with Gasteiger partial charge >= 0.3 is 0 Å². The summed E-state index contributed by atoms with van der Waals surface area (Å²) in [7, 11) is 0. The van der Waals surface area contributed by atoms with Crippen LogP contribution in [0.2, 0.25) is 0 Å². The normalized spacial score (nSPS) is 38.2. The zero-order chi connectivity index (χ0) is 6.97. The minimum atomic E-state index is 0.103. The topological polar surface area (TPSA) is 41.5 Å². The van der Waals surface area contributed by atoms with E-state index in [-0.39, 0.29) is 11.7 Å². The number of fused-ring (bicyclic) bond motifs is 1. The van der Waals surface area contributed by atoms with Crippen LogP contribution in [0.25, 0.3) is 0 Å². The molecule has 0 spiro atoms. The van der Waals surface area contributed by atoms with Gasteiger partial charge in [-0.25, -0.2) is 0 Å². The molecule has 54 valence electrons. The number of nitrogens with one attached hydrogen (secondary N) is 1. The molecule has 0 aliphatic carbocycles. The smallest absolute Gasteiger partial charge is 0.157 e. The lowest BCUT2D eigenvalue weighted by atomic mass is 10.0. The molecule has 0 saturated carbocycles. The number of ketones is 1.